The Morgan fingerprint density at radius 2 is 1.72 bits per heavy atom. The monoisotopic (exact) mass is 493 g/mol. The van der Waals surface area contributed by atoms with Gasteiger partial charge < -0.3 is 20.3 Å². The molecule has 4 rings (SSSR count). The molecular formula is C27H22F3N3O3. The molecule has 184 valence electrons. The molecule has 9 heteroatoms. The van der Waals surface area contributed by atoms with Crippen LogP contribution in [0.3, 0.4) is 0 Å². The van der Waals surface area contributed by atoms with Crippen LogP contribution < -0.4 is 15.2 Å². The highest BCUT2D eigenvalue weighted by Gasteiger charge is 2.39. The number of rotatable bonds is 7. The molecular weight excluding hydrogens is 471 g/mol. The summed E-state index contributed by atoms with van der Waals surface area (Å²) in [6.45, 7) is 3.93. The fraction of sp³-hybridized carbons (Fsp3) is 0.111. The number of methoxy groups -OCH3 is 1. The van der Waals surface area contributed by atoms with Gasteiger partial charge in [0.25, 0.3) is 0 Å². The van der Waals surface area contributed by atoms with Crippen LogP contribution in [0.1, 0.15) is 16.8 Å². The lowest BCUT2D eigenvalue weighted by atomic mass is 9.96. The van der Waals surface area contributed by atoms with E-state index in [9.17, 15) is 18.3 Å². The van der Waals surface area contributed by atoms with Gasteiger partial charge in [0.05, 0.1) is 12.8 Å². The maximum atomic E-state index is 14.0. The number of ether oxygens (including phenoxy) is 2. The van der Waals surface area contributed by atoms with Crippen LogP contribution in [0.5, 0.6) is 17.2 Å². The molecule has 36 heavy (non-hydrogen) atoms. The average Bonchev–Trinajstić information content (AvgIpc) is 2.87. The first-order chi connectivity index (χ1) is 17.2. The molecule has 0 spiro atoms. The fourth-order valence-corrected chi connectivity index (χ4v) is 3.70. The van der Waals surface area contributed by atoms with E-state index in [1.165, 1.54) is 37.4 Å². The molecule has 0 atom stereocenters. The fourth-order valence-electron chi connectivity index (χ4n) is 3.70. The zero-order valence-electron chi connectivity index (χ0n) is 19.2. The SMILES string of the molecule is C=Cc1ccc(COc2ccc(-c3nc(N)nc(C(F)(F)F)c3-c3ccccc3OC)c(O)c2)cc1. The number of anilines is 1. The lowest BCUT2D eigenvalue weighted by Gasteiger charge is -2.19. The van der Waals surface area contributed by atoms with E-state index in [1.54, 1.807) is 18.2 Å². The van der Waals surface area contributed by atoms with E-state index in [0.717, 1.165) is 11.1 Å². The number of aromatic hydroxyl groups is 1. The number of nitrogens with two attached hydrogens (primary N) is 1. The smallest absolute Gasteiger partial charge is 0.434 e. The average molecular weight is 493 g/mol. The van der Waals surface area contributed by atoms with Crippen molar-refractivity contribution in [3.8, 4) is 39.6 Å². The lowest BCUT2D eigenvalue weighted by Crippen LogP contribution is -2.14. The van der Waals surface area contributed by atoms with E-state index in [4.69, 9.17) is 15.2 Å². The molecule has 0 fully saturated rings. The van der Waals surface area contributed by atoms with Crippen LogP contribution in [-0.4, -0.2) is 22.2 Å². The van der Waals surface area contributed by atoms with Gasteiger partial charge >= 0.3 is 6.18 Å². The molecule has 0 unspecified atom stereocenters. The zero-order chi connectivity index (χ0) is 25.9. The molecule has 0 aliphatic carbocycles. The predicted octanol–water partition coefficient (Wildman–Crippen LogP) is 6.35. The predicted molar refractivity (Wildman–Crippen MR) is 131 cm³/mol. The van der Waals surface area contributed by atoms with E-state index >= 15 is 0 Å². The Labute approximate surface area is 205 Å². The third-order valence-corrected chi connectivity index (χ3v) is 5.42. The first-order valence-corrected chi connectivity index (χ1v) is 10.8. The van der Waals surface area contributed by atoms with Gasteiger partial charge in [0, 0.05) is 22.8 Å². The summed E-state index contributed by atoms with van der Waals surface area (Å²) in [5, 5.41) is 10.8. The van der Waals surface area contributed by atoms with Crippen molar-refractivity contribution in [1.29, 1.82) is 0 Å². The lowest BCUT2D eigenvalue weighted by molar-refractivity contribution is -0.140. The van der Waals surface area contributed by atoms with Crippen LogP contribution in [0.15, 0.2) is 73.3 Å². The number of hydrogen-bond acceptors (Lipinski definition) is 6. The van der Waals surface area contributed by atoms with Crippen LogP contribution in [-0.2, 0) is 12.8 Å². The summed E-state index contributed by atoms with van der Waals surface area (Å²) in [4.78, 5) is 7.55. The maximum absolute atomic E-state index is 14.0. The van der Waals surface area contributed by atoms with Gasteiger partial charge in [-0.05, 0) is 29.3 Å². The van der Waals surface area contributed by atoms with Gasteiger partial charge in [-0.3, -0.25) is 0 Å². The van der Waals surface area contributed by atoms with Gasteiger partial charge in [-0.2, -0.15) is 13.2 Å². The Kier molecular flexibility index (Phi) is 6.82. The Hall–Kier alpha value is -4.53. The molecule has 3 N–H and O–H groups in total. The zero-order valence-corrected chi connectivity index (χ0v) is 19.2. The molecule has 0 bridgehead atoms. The van der Waals surface area contributed by atoms with Crippen LogP contribution in [0.25, 0.3) is 28.5 Å². The molecule has 0 aliphatic heterocycles. The maximum Gasteiger partial charge on any atom is 0.434 e. The van der Waals surface area contributed by atoms with E-state index < -0.39 is 17.8 Å². The minimum atomic E-state index is -4.85. The third kappa shape index (κ3) is 5.10. The number of hydrogen-bond donors (Lipinski definition) is 2. The summed E-state index contributed by atoms with van der Waals surface area (Å²) < 4.78 is 53.2. The summed E-state index contributed by atoms with van der Waals surface area (Å²) in [5.74, 6) is -0.420. The number of benzene rings is 3. The van der Waals surface area contributed by atoms with Crippen LogP contribution in [0, 0.1) is 0 Å². The topological polar surface area (TPSA) is 90.5 Å². The Balaban J connectivity index is 1.77. The minimum absolute atomic E-state index is 0.0261. The van der Waals surface area contributed by atoms with Crippen molar-refractivity contribution in [2.75, 3.05) is 12.8 Å². The highest BCUT2D eigenvalue weighted by atomic mass is 19.4. The minimum Gasteiger partial charge on any atom is -0.507 e. The summed E-state index contributed by atoms with van der Waals surface area (Å²) >= 11 is 0. The number of phenolic OH excluding ortho intramolecular Hbond substituents is 1. The number of phenols is 1. The van der Waals surface area contributed by atoms with E-state index in [-0.39, 0.29) is 40.5 Å². The second kappa shape index (κ2) is 9.99. The third-order valence-electron chi connectivity index (χ3n) is 5.42. The van der Waals surface area contributed by atoms with Gasteiger partial charge in [-0.15, -0.1) is 0 Å². The molecule has 0 saturated carbocycles. The molecule has 0 radical (unpaired) electrons. The number of nitrogen functional groups attached to an aromatic ring is 1. The molecule has 0 amide bonds. The largest absolute Gasteiger partial charge is 0.507 e. The molecule has 4 aromatic rings. The van der Waals surface area contributed by atoms with Crippen molar-refractivity contribution in [3.05, 3.63) is 90.1 Å². The highest BCUT2D eigenvalue weighted by molar-refractivity contribution is 5.88. The van der Waals surface area contributed by atoms with E-state index in [2.05, 4.69) is 16.5 Å². The van der Waals surface area contributed by atoms with Crippen molar-refractivity contribution >= 4 is 12.0 Å². The first-order valence-electron chi connectivity index (χ1n) is 10.8. The highest BCUT2D eigenvalue weighted by Crippen LogP contribution is 2.46. The van der Waals surface area contributed by atoms with Crippen LogP contribution >= 0.6 is 0 Å². The van der Waals surface area contributed by atoms with E-state index in [0.29, 0.717) is 5.75 Å². The Morgan fingerprint density at radius 3 is 2.36 bits per heavy atom. The summed E-state index contributed by atoms with van der Waals surface area (Å²) in [6.07, 6.45) is -3.12. The quantitative estimate of drug-likeness (QED) is 0.312. The van der Waals surface area contributed by atoms with Gasteiger partial charge in [0.15, 0.2) is 5.69 Å². The van der Waals surface area contributed by atoms with Crippen molar-refractivity contribution in [1.82, 2.24) is 9.97 Å². The van der Waals surface area contributed by atoms with Crippen LogP contribution in [0.4, 0.5) is 19.1 Å². The normalized spacial score (nSPS) is 11.2. The van der Waals surface area contributed by atoms with Crippen molar-refractivity contribution in [2.45, 2.75) is 12.8 Å². The van der Waals surface area contributed by atoms with Gasteiger partial charge in [-0.25, -0.2) is 9.97 Å². The van der Waals surface area contributed by atoms with E-state index in [1.807, 2.05) is 24.3 Å². The van der Waals surface area contributed by atoms with Crippen LogP contribution in [0.2, 0.25) is 0 Å². The first kappa shape index (κ1) is 24.6. The number of nitrogens with zero attached hydrogens (tertiary/aromatic N) is 2. The standard InChI is InChI=1S/C27H22F3N3O3/c1-3-16-8-10-17(11-9-16)15-36-18-12-13-19(21(34)14-18)24-23(20-6-4-5-7-22(20)35-2)25(27(28,29)30)33-26(31)32-24/h3-14,34H,1,15H2,2H3,(H2,31,32,33). The number of para-hydroxylation sites is 1. The summed E-state index contributed by atoms with van der Waals surface area (Å²) in [6, 6.07) is 18.0. The summed E-state index contributed by atoms with van der Waals surface area (Å²) in [5.41, 5.74) is 5.85. The van der Waals surface area contributed by atoms with Gasteiger partial charge in [0.2, 0.25) is 5.95 Å². The second-order valence-electron chi connectivity index (χ2n) is 7.77. The molecule has 1 heterocycles. The Bertz CT molecular complexity index is 1400. The Morgan fingerprint density at radius 1 is 1.00 bits per heavy atom. The molecule has 3 aromatic carbocycles. The second-order valence-corrected chi connectivity index (χ2v) is 7.77. The van der Waals surface area contributed by atoms with Crippen molar-refractivity contribution in [3.63, 3.8) is 0 Å². The van der Waals surface area contributed by atoms with Crippen molar-refractivity contribution < 1.29 is 27.8 Å². The molecule has 1 aromatic heterocycles. The number of halogens is 3. The van der Waals surface area contributed by atoms with Crippen molar-refractivity contribution in [2.24, 2.45) is 0 Å². The molecule has 6 nitrogen and oxygen atoms in total. The number of alkyl halides is 3. The van der Waals surface area contributed by atoms with Gasteiger partial charge in [-0.1, -0.05) is 55.1 Å². The molecule has 0 saturated heterocycles. The summed E-state index contributed by atoms with van der Waals surface area (Å²) in [7, 11) is 1.35. The van der Waals surface area contributed by atoms with Gasteiger partial charge in [0.1, 0.15) is 23.9 Å². The molecule has 0 aliphatic rings. The number of aromatic nitrogens is 2.